The first-order valence-corrected chi connectivity index (χ1v) is 7.95. The molecule has 1 aromatic rings. The van der Waals surface area contributed by atoms with E-state index in [2.05, 4.69) is 30.1 Å². The summed E-state index contributed by atoms with van der Waals surface area (Å²) in [5, 5.41) is 3.55. The molecule has 0 saturated heterocycles. The van der Waals surface area contributed by atoms with E-state index < -0.39 is 0 Å². The molecule has 2 nitrogen and oxygen atoms in total. The van der Waals surface area contributed by atoms with Crippen molar-refractivity contribution in [2.45, 2.75) is 51.0 Å². The van der Waals surface area contributed by atoms with E-state index in [1.54, 1.807) is 0 Å². The van der Waals surface area contributed by atoms with Crippen molar-refractivity contribution >= 4 is 0 Å². The maximum absolute atomic E-state index is 5.88. The van der Waals surface area contributed by atoms with Gasteiger partial charge in [0.25, 0.3) is 0 Å². The topological polar surface area (TPSA) is 21.3 Å². The summed E-state index contributed by atoms with van der Waals surface area (Å²) in [6.07, 6.45) is 10.6. The minimum Gasteiger partial charge on any atom is -0.493 e. The van der Waals surface area contributed by atoms with Crippen LogP contribution in [0.25, 0.3) is 0 Å². The molecular formula is C18H27NO. The van der Waals surface area contributed by atoms with Crippen molar-refractivity contribution in [2.75, 3.05) is 13.2 Å². The van der Waals surface area contributed by atoms with Crippen molar-refractivity contribution in [3.8, 4) is 5.75 Å². The van der Waals surface area contributed by atoms with Gasteiger partial charge in [0.05, 0.1) is 6.61 Å². The summed E-state index contributed by atoms with van der Waals surface area (Å²) in [5.41, 5.74) is 1.23. The Balaban J connectivity index is 1.52. The third-order valence-electron chi connectivity index (χ3n) is 3.68. The van der Waals surface area contributed by atoms with Crippen LogP contribution in [0.3, 0.4) is 0 Å². The predicted octanol–water partition coefficient (Wildman–Crippen LogP) is 4.11. The van der Waals surface area contributed by atoms with Crippen LogP contribution in [0.2, 0.25) is 0 Å². The zero-order valence-electron chi connectivity index (χ0n) is 12.4. The average molecular weight is 273 g/mol. The SMILES string of the molecule is C=CCc1ccccc1OCCCCCCNC1CC1. The monoisotopic (exact) mass is 273 g/mol. The molecule has 0 amide bonds. The fourth-order valence-corrected chi connectivity index (χ4v) is 2.33. The molecule has 1 aromatic carbocycles. The van der Waals surface area contributed by atoms with Crippen molar-refractivity contribution in [3.63, 3.8) is 0 Å². The number of ether oxygens (including phenoxy) is 1. The van der Waals surface area contributed by atoms with Crippen LogP contribution >= 0.6 is 0 Å². The first-order chi connectivity index (χ1) is 9.90. The van der Waals surface area contributed by atoms with Gasteiger partial charge in [0.1, 0.15) is 5.75 Å². The lowest BCUT2D eigenvalue weighted by Gasteiger charge is -2.10. The van der Waals surface area contributed by atoms with Gasteiger partial charge in [0.15, 0.2) is 0 Å². The van der Waals surface area contributed by atoms with Crippen molar-refractivity contribution < 1.29 is 4.74 Å². The molecule has 0 heterocycles. The van der Waals surface area contributed by atoms with Crippen LogP contribution < -0.4 is 10.1 Å². The Morgan fingerprint density at radius 2 is 1.95 bits per heavy atom. The quantitative estimate of drug-likeness (QED) is 0.484. The predicted molar refractivity (Wildman–Crippen MR) is 85.3 cm³/mol. The van der Waals surface area contributed by atoms with E-state index in [1.807, 2.05) is 12.1 Å². The number of hydrogen-bond acceptors (Lipinski definition) is 2. The van der Waals surface area contributed by atoms with Crippen molar-refractivity contribution in [1.29, 1.82) is 0 Å². The number of unbranched alkanes of at least 4 members (excludes halogenated alkanes) is 3. The van der Waals surface area contributed by atoms with Gasteiger partial charge in [-0.1, -0.05) is 37.1 Å². The lowest BCUT2D eigenvalue weighted by molar-refractivity contribution is 0.302. The molecule has 20 heavy (non-hydrogen) atoms. The van der Waals surface area contributed by atoms with Crippen molar-refractivity contribution in [1.82, 2.24) is 5.32 Å². The number of nitrogens with one attached hydrogen (secondary N) is 1. The largest absolute Gasteiger partial charge is 0.493 e. The highest BCUT2D eigenvalue weighted by molar-refractivity contribution is 5.34. The van der Waals surface area contributed by atoms with Gasteiger partial charge in [-0.2, -0.15) is 0 Å². The van der Waals surface area contributed by atoms with E-state index in [-0.39, 0.29) is 0 Å². The Morgan fingerprint density at radius 3 is 2.75 bits per heavy atom. The Bertz CT molecular complexity index is 398. The van der Waals surface area contributed by atoms with Gasteiger partial charge in [-0.05, 0) is 50.3 Å². The molecule has 2 heteroatoms. The summed E-state index contributed by atoms with van der Waals surface area (Å²) in [7, 11) is 0. The lowest BCUT2D eigenvalue weighted by atomic mass is 10.1. The minimum atomic E-state index is 0.824. The third-order valence-corrected chi connectivity index (χ3v) is 3.68. The van der Waals surface area contributed by atoms with E-state index in [0.717, 1.165) is 31.2 Å². The molecule has 0 radical (unpaired) electrons. The van der Waals surface area contributed by atoms with Crippen LogP contribution in [0.1, 0.15) is 44.1 Å². The normalized spacial score (nSPS) is 14.2. The Morgan fingerprint density at radius 1 is 1.15 bits per heavy atom. The molecule has 0 aliphatic heterocycles. The zero-order valence-corrected chi connectivity index (χ0v) is 12.4. The Kier molecular flexibility index (Phi) is 6.65. The van der Waals surface area contributed by atoms with Gasteiger partial charge in [-0.25, -0.2) is 0 Å². The van der Waals surface area contributed by atoms with E-state index >= 15 is 0 Å². The average Bonchev–Trinajstić information content (AvgIpc) is 3.28. The summed E-state index contributed by atoms with van der Waals surface area (Å²) in [4.78, 5) is 0. The van der Waals surface area contributed by atoms with Crippen LogP contribution in [0.15, 0.2) is 36.9 Å². The fraction of sp³-hybridized carbons (Fsp3) is 0.556. The van der Waals surface area contributed by atoms with Crippen LogP contribution in [0.4, 0.5) is 0 Å². The molecule has 110 valence electrons. The molecular weight excluding hydrogens is 246 g/mol. The molecule has 2 rings (SSSR count). The second-order valence-electron chi connectivity index (χ2n) is 5.59. The van der Waals surface area contributed by atoms with E-state index in [0.29, 0.717) is 0 Å². The van der Waals surface area contributed by atoms with Gasteiger partial charge >= 0.3 is 0 Å². The summed E-state index contributed by atoms with van der Waals surface area (Å²) in [6, 6.07) is 9.10. The van der Waals surface area contributed by atoms with Gasteiger partial charge in [-0.15, -0.1) is 6.58 Å². The Labute approximate surface area is 123 Å². The van der Waals surface area contributed by atoms with Gasteiger partial charge < -0.3 is 10.1 Å². The summed E-state index contributed by atoms with van der Waals surface area (Å²) < 4.78 is 5.88. The molecule has 0 atom stereocenters. The van der Waals surface area contributed by atoms with Crippen molar-refractivity contribution in [3.05, 3.63) is 42.5 Å². The number of benzene rings is 1. The third kappa shape index (κ3) is 5.79. The summed E-state index contributed by atoms with van der Waals surface area (Å²) >= 11 is 0. The molecule has 0 aromatic heterocycles. The van der Waals surface area contributed by atoms with Crippen LogP contribution in [-0.2, 0) is 6.42 Å². The van der Waals surface area contributed by atoms with E-state index in [1.165, 1.54) is 44.2 Å². The van der Waals surface area contributed by atoms with Gasteiger partial charge in [0.2, 0.25) is 0 Å². The first kappa shape index (κ1) is 15.1. The van der Waals surface area contributed by atoms with E-state index in [4.69, 9.17) is 4.74 Å². The molecule has 1 fully saturated rings. The maximum Gasteiger partial charge on any atom is 0.122 e. The van der Waals surface area contributed by atoms with Crippen LogP contribution in [0, 0.1) is 0 Å². The molecule has 1 saturated carbocycles. The smallest absolute Gasteiger partial charge is 0.122 e. The first-order valence-electron chi connectivity index (χ1n) is 7.95. The summed E-state index contributed by atoms with van der Waals surface area (Å²) in [5.74, 6) is 1.02. The molecule has 0 unspecified atom stereocenters. The standard InChI is InChI=1S/C18H27NO/c1-2-9-16-10-5-6-11-18(16)20-15-8-4-3-7-14-19-17-12-13-17/h2,5-6,10-11,17,19H,1,3-4,7-9,12-15H2. The molecule has 1 N–H and O–H groups in total. The maximum atomic E-state index is 5.88. The molecule has 1 aliphatic rings. The molecule has 0 bridgehead atoms. The Hall–Kier alpha value is -1.28. The lowest BCUT2D eigenvalue weighted by Crippen LogP contribution is -2.17. The fourth-order valence-electron chi connectivity index (χ4n) is 2.33. The second-order valence-corrected chi connectivity index (χ2v) is 5.59. The zero-order chi connectivity index (χ0) is 14.0. The number of hydrogen-bond donors (Lipinski definition) is 1. The number of para-hydroxylation sites is 1. The molecule has 0 spiro atoms. The van der Waals surface area contributed by atoms with Crippen LogP contribution in [0.5, 0.6) is 5.75 Å². The van der Waals surface area contributed by atoms with Gasteiger partial charge in [0, 0.05) is 6.04 Å². The highest BCUT2D eigenvalue weighted by Gasteiger charge is 2.19. The summed E-state index contributed by atoms with van der Waals surface area (Å²) in [6.45, 7) is 5.80. The number of rotatable bonds is 11. The second kappa shape index (κ2) is 8.80. The number of allylic oxidation sites excluding steroid dienone is 1. The van der Waals surface area contributed by atoms with Crippen LogP contribution in [-0.4, -0.2) is 19.2 Å². The molecule has 1 aliphatic carbocycles. The highest BCUT2D eigenvalue weighted by atomic mass is 16.5. The van der Waals surface area contributed by atoms with Gasteiger partial charge in [-0.3, -0.25) is 0 Å². The highest BCUT2D eigenvalue weighted by Crippen LogP contribution is 2.19. The van der Waals surface area contributed by atoms with E-state index in [9.17, 15) is 0 Å². The minimum absolute atomic E-state index is 0.824. The van der Waals surface area contributed by atoms with Crippen molar-refractivity contribution in [2.24, 2.45) is 0 Å².